The van der Waals surface area contributed by atoms with E-state index in [0.29, 0.717) is 5.56 Å². The van der Waals surface area contributed by atoms with E-state index in [1.165, 1.54) is 6.20 Å². The summed E-state index contributed by atoms with van der Waals surface area (Å²) < 4.78 is 1.68. The number of carboxylic acid groups (broad SMARTS) is 1. The molecule has 7 nitrogen and oxygen atoms in total. The highest BCUT2D eigenvalue weighted by Crippen LogP contribution is 2.19. The summed E-state index contributed by atoms with van der Waals surface area (Å²) in [6.07, 6.45) is 5.05. The highest BCUT2D eigenvalue weighted by atomic mass is 16.4. The Kier molecular flexibility index (Phi) is 4.54. The van der Waals surface area contributed by atoms with Gasteiger partial charge in [-0.15, -0.1) is 0 Å². The van der Waals surface area contributed by atoms with Crippen molar-refractivity contribution in [2.75, 3.05) is 0 Å². The van der Waals surface area contributed by atoms with E-state index < -0.39 is 17.9 Å². The number of hydrogen-bond donors (Lipinski definition) is 3. The Balaban J connectivity index is 1.77. The van der Waals surface area contributed by atoms with Crippen LogP contribution >= 0.6 is 0 Å². The van der Waals surface area contributed by atoms with Crippen LogP contribution in [0.2, 0.25) is 0 Å². The third kappa shape index (κ3) is 3.61. The first-order valence-electron chi connectivity index (χ1n) is 8.39. The van der Waals surface area contributed by atoms with Crippen molar-refractivity contribution in [3.05, 3.63) is 54.0 Å². The van der Waals surface area contributed by atoms with Gasteiger partial charge < -0.3 is 15.4 Å². The molecule has 0 radical (unpaired) electrons. The second kappa shape index (κ2) is 6.67. The number of aromatic amines is 1. The monoisotopic (exact) mass is 354 g/mol. The fourth-order valence-electron chi connectivity index (χ4n) is 2.77. The second-order valence-corrected chi connectivity index (χ2v) is 7.27. The number of carboxylic acids is 1. The van der Waals surface area contributed by atoms with Crippen LogP contribution in [-0.4, -0.2) is 37.8 Å². The minimum absolute atomic E-state index is 0.193. The zero-order valence-electron chi connectivity index (χ0n) is 15.0. The van der Waals surface area contributed by atoms with Crippen LogP contribution < -0.4 is 5.32 Å². The van der Waals surface area contributed by atoms with Gasteiger partial charge in [-0.25, -0.2) is 4.79 Å². The molecule has 1 amide bonds. The van der Waals surface area contributed by atoms with Gasteiger partial charge in [-0.2, -0.15) is 5.10 Å². The van der Waals surface area contributed by atoms with E-state index in [9.17, 15) is 14.7 Å². The highest BCUT2D eigenvalue weighted by molar-refractivity contribution is 5.96. The van der Waals surface area contributed by atoms with Gasteiger partial charge in [-0.05, 0) is 32.4 Å². The zero-order valence-corrected chi connectivity index (χ0v) is 15.0. The molecule has 0 fully saturated rings. The van der Waals surface area contributed by atoms with E-state index in [2.05, 4.69) is 15.4 Å². The summed E-state index contributed by atoms with van der Waals surface area (Å²) in [6.45, 7) is 5.91. The van der Waals surface area contributed by atoms with Crippen LogP contribution in [0.15, 0.2) is 42.9 Å². The molecule has 136 valence electrons. The molecule has 1 atom stereocenters. The number of nitrogens with one attached hydrogen (secondary N) is 2. The van der Waals surface area contributed by atoms with Crippen molar-refractivity contribution in [2.24, 2.45) is 0 Å². The van der Waals surface area contributed by atoms with Crippen LogP contribution in [0.5, 0.6) is 0 Å². The lowest BCUT2D eigenvalue weighted by Gasteiger charge is -2.18. The maximum atomic E-state index is 12.5. The first-order chi connectivity index (χ1) is 12.3. The molecule has 0 aliphatic rings. The zero-order chi connectivity index (χ0) is 18.9. The van der Waals surface area contributed by atoms with Crippen molar-refractivity contribution < 1.29 is 14.7 Å². The molecule has 0 bridgehead atoms. The smallest absolute Gasteiger partial charge is 0.326 e. The van der Waals surface area contributed by atoms with Gasteiger partial charge in [-0.3, -0.25) is 9.48 Å². The van der Waals surface area contributed by atoms with E-state index in [1.807, 2.05) is 45.0 Å². The molecule has 1 unspecified atom stereocenters. The molecule has 26 heavy (non-hydrogen) atoms. The standard InChI is InChI=1S/C19H22N4O3/c1-19(2,3)23-11-13(10-21-23)17(24)22-16(18(25)26)8-12-9-20-15-7-5-4-6-14(12)15/h4-7,9-11,16,20H,8H2,1-3H3,(H,22,24)(H,25,26). The molecule has 0 saturated heterocycles. The van der Waals surface area contributed by atoms with Crippen LogP contribution in [0, 0.1) is 0 Å². The maximum absolute atomic E-state index is 12.5. The fourth-order valence-corrected chi connectivity index (χ4v) is 2.77. The van der Waals surface area contributed by atoms with Gasteiger partial charge in [0.1, 0.15) is 6.04 Å². The van der Waals surface area contributed by atoms with Crippen LogP contribution in [0.4, 0.5) is 0 Å². The molecule has 7 heteroatoms. The Labute approximate surface area is 151 Å². The van der Waals surface area contributed by atoms with E-state index in [4.69, 9.17) is 0 Å². The molecule has 0 aliphatic carbocycles. The topological polar surface area (TPSA) is 100 Å². The summed E-state index contributed by atoms with van der Waals surface area (Å²) in [5.41, 5.74) is 1.86. The van der Waals surface area contributed by atoms with Crippen molar-refractivity contribution in [1.82, 2.24) is 20.1 Å². The normalized spacial score (nSPS) is 12.9. The summed E-state index contributed by atoms with van der Waals surface area (Å²) in [5.74, 6) is -1.53. The molecule has 3 N–H and O–H groups in total. The van der Waals surface area contributed by atoms with E-state index in [1.54, 1.807) is 17.1 Å². The molecule has 0 saturated carbocycles. The van der Waals surface area contributed by atoms with Gasteiger partial charge in [0, 0.05) is 29.7 Å². The van der Waals surface area contributed by atoms with E-state index >= 15 is 0 Å². The van der Waals surface area contributed by atoms with Crippen LogP contribution in [0.3, 0.4) is 0 Å². The Morgan fingerprint density at radius 3 is 2.69 bits per heavy atom. The molecule has 3 rings (SSSR count). The minimum atomic E-state index is -1.08. The fraction of sp³-hybridized carbons (Fsp3) is 0.316. The summed E-state index contributed by atoms with van der Waals surface area (Å²) in [4.78, 5) is 27.2. The second-order valence-electron chi connectivity index (χ2n) is 7.27. The number of benzene rings is 1. The van der Waals surface area contributed by atoms with Gasteiger partial charge >= 0.3 is 5.97 Å². The van der Waals surface area contributed by atoms with Gasteiger partial charge in [0.2, 0.25) is 0 Å². The third-order valence-electron chi connectivity index (χ3n) is 4.23. The Morgan fingerprint density at radius 2 is 2.04 bits per heavy atom. The van der Waals surface area contributed by atoms with Crippen molar-refractivity contribution in [1.29, 1.82) is 0 Å². The van der Waals surface area contributed by atoms with Gasteiger partial charge in [0.05, 0.1) is 17.3 Å². The Bertz CT molecular complexity index is 949. The van der Waals surface area contributed by atoms with Crippen molar-refractivity contribution in [2.45, 2.75) is 38.8 Å². The SMILES string of the molecule is CC(C)(C)n1cc(C(=O)NC(Cc2c[nH]c3ccccc23)C(=O)O)cn1. The Hall–Kier alpha value is -3.09. The van der Waals surface area contributed by atoms with Crippen molar-refractivity contribution in [3.63, 3.8) is 0 Å². The molecule has 2 aromatic heterocycles. The number of H-pyrrole nitrogens is 1. The largest absolute Gasteiger partial charge is 0.480 e. The number of carbonyl (C=O) groups excluding carboxylic acids is 1. The van der Waals surface area contributed by atoms with E-state index in [0.717, 1.165) is 16.5 Å². The third-order valence-corrected chi connectivity index (χ3v) is 4.23. The summed E-state index contributed by atoms with van der Waals surface area (Å²) in [5, 5.41) is 17.3. The first kappa shape index (κ1) is 17.7. The number of rotatable bonds is 5. The summed E-state index contributed by atoms with van der Waals surface area (Å²) in [7, 11) is 0. The predicted octanol–water partition coefficient (Wildman–Crippen LogP) is 2.55. The summed E-state index contributed by atoms with van der Waals surface area (Å²) >= 11 is 0. The first-order valence-corrected chi connectivity index (χ1v) is 8.39. The number of aromatic nitrogens is 3. The summed E-state index contributed by atoms with van der Waals surface area (Å²) in [6, 6.07) is 6.63. The molecular formula is C19H22N4O3. The predicted molar refractivity (Wildman–Crippen MR) is 98.1 cm³/mol. The molecule has 3 aromatic rings. The number of amides is 1. The lowest BCUT2D eigenvalue weighted by molar-refractivity contribution is -0.139. The number of hydrogen-bond acceptors (Lipinski definition) is 3. The molecule has 2 heterocycles. The number of nitrogens with zero attached hydrogens (tertiary/aromatic N) is 2. The van der Waals surface area contributed by atoms with E-state index in [-0.39, 0.29) is 12.0 Å². The lowest BCUT2D eigenvalue weighted by atomic mass is 10.0. The molecule has 0 spiro atoms. The number of aliphatic carboxylic acids is 1. The average molecular weight is 354 g/mol. The minimum Gasteiger partial charge on any atom is -0.480 e. The van der Waals surface area contributed by atoms with Gasteiger partial charge in [0.15, 0.2) is 0 Å². The average Bonchev–Trinajstić information content (AvgIpc) is 3.21. The number of fused-ring (bicyclic) bond motifs is 1. The van der Waals surface area contributed by atoms with Gasteiger partial charge in [-0.1, -0.05) is 18.2 Å². The number of carbonyl (C=O) groups is 2. The molecule has 0 aliphatic heterocycles. The Morgan fingerprint density at radius 1 is 1.31 bits per heavy atom. The van der Waals surface area contributed by atoms with Crippen LogP contribution in [-0.2, 0) is 16.8 Å². The highest BCUT2D eigenvalue weighted by Gasteiger charge is 2.24. The lowest BCUT2D eigenvalue weighted by Crippen LogP contribution is -2.42. The maximum Gasteiger partial charge on any atom is 0.326 e. The van der Waals surface area contributed by atoms with Crippen LogP contribution in [0.1, 0.15) is 36.7 Å². The molecule has 1 aromatic carbocycles. The van der Waals surface area contributed by atoms with Crippen molar-refractivity contribution >= 4 is 22.8 Å². The quantitative estimate of drug-likeness (QED) is 0.655. The van der Waals surface area contributed by atoms with Crippen LogP contribution in [0.25, 0.3) is 10.9 Å². The van der Waals surface area contributed by atoms with Crippen molar-refractivity contribution in [3.8, 4) is 0 Å². The molecular weight excluding hydrogens is 332 g/mol. The van der Waals surface area contributed by atoms with Gasteiger partial charge in [0.25, 0.3) is 5.91 Å². The number of para-hydroxylation sites is 1.